The molecule has 0 saturated carbocycles. The highest BCUT2D eigenvalue weighted by atomic mass is 16.3. The molecule has 3 heteroatoms. The van der Waals surface area contributed by atoms with Crippen molar-refractivity contribution >= 4 is 0 Å². The van der Waals surface area contributed by atoms with E-state index >= 15 is 0 Å². The predicted octanol–water partition coefficient (Wildman–Crippen LogP) is 2.17. The van der Waals surface area contributed by atoms with Crippen molar-refractivity contribution in [2.24, 2.45) is 0 Å². The first-order chi connectivity index (χ1) is 8.24. The molecule has 0 amide bonds. The fourth-order valence-electron chi connectivity index (χ4n) is 2.45. The van der Waals surface area contributed by atoms with Crippen molar-refractivity contribution in [3.63, 3.8) is 0 Å². The summed E-state index contributed by atoms with van der Waals surface area (Å²) in [6, 6.07) is 3.88. The van der Waals surface area contributed by atoms with Gasteiger partial charge in [-0.1, -0.05) is 19.4 Å². The van der Waals surface area contributed by atoms with Crippen molar-refractivity contribution in [2.45, 2.75) is 38.2 Å². The number of hydrogen-bond acceptors (Lipinski definition) is 3. The molecule has 0 aromatic carbocycles. The molecule has 94 valence electrons. The minimum Gasteiger partial charge on any atom is -0.385 e. The van der Waals surface area contributed by atoms with Crippen LogP contribution in [0.5, 0.6) is 0 Å². The second-order valence-electron chi connectivity index (χ2n) is 4.97. The third-order valence-corrected chi connectivity index (χ3v) is 3.71. The summed E-state index contributed by atoms with van der Waals surface area (Å²) in [4.78, 5) is 6.55. The van der Waals surface area contributed by atoms with Crippen molar-refractivity contribution in [3.8, 4) is 0 Å². The van der Waals surface area contributed by atoms with Gasteiger partial charge in [0.2, 0.25) is 0 Å². The van der Waals surface area contributed by atoms with Gasteiger partial charge >= 0.3 is 0 Å². The van der Waals surface area contributed by atoms with Gasteiger partial charge in [0.15, 0.2) is 0 Å². The maximum absolute atomic E-state index is 10.6. The van der Waals surface area contributed by atoms with Crippen LogP contribution in [-0.4, -0.2) is 34.6 Å². The molecule has 0 aliphatic carbocycles. The summed E-state index contributed by atoms with van der Waals surface area (Å²) >= 11 is 0. The first-order valence-electron chi connectivity index (χ1n) is 6.60. The molecule has 1 aliphatic rings. The lowest BCUT2D eigenvalue weighted by Gasteiger charge is -2.38. The number of aromatic nitrogens is 1. The molecule has 3 nitrogen and oxygen atoms in total. The molecule has 1 aliphatic heterocycles. The average molecular weight is 234 g/mol. The van der Waals surface area contributed by atoms with E-state index in [4.69, 9.17) is 0 Å². The van der Waals surface area contributed by atoms with Crippen LogP contribution < -0.4 is 0 Å². The second-order valence-corrected chi connectivity index (χ2v) is 4.97. The van der Waals surface area contributed by atoms with Gasteiger partial charge in [0.1, 0.15) is 0 Å². The first-order valence-corrected chi connectivity index (χ1v) is 6.60. The topological polar surface area (TPSA) is 36.4 Å². The monoisotopic (exact) mass is 234 g/mol. The van der Waals surface area contributed by atoms with Crippen LogP contribution in [0.4, 0.5) is 0 Å². The van der Waals surface area contributed by atoms with Crippen LogP contribution >= 0.6 is 0 Å². The SMILES string of the molecule is CCCCN1CCC(O)(c2cccnc2)CC1. The standard InChI is InChI=1S/C14H22N2O/c1-2-3-9-16-10-6-14(17,7-11-16)13-5-4-8-15-12-13/h4-5,8,12,17H,2-3,6-7,9-11H2,1H3. The number of nitrogens with zero attached hydrogens (tertiary/aromatic N) is 2. The smallest absolute Gasteiger partial charge is 0.0935 e. The van der Waals surface area contributed by atoms with E-state index in [1.807, 2.05) is 12.1 Å². The van der Waals surface area contributed by atoms with Crippen molar-refractivity contribution in [1.82, 2.24) is 9.88 Å². The fourth-order valence-corrected chi connectivity index (χ4v) is 2.45. The molecule has 0 radical (unpaired) electrons. The van der Waals surface area contributed by atoms with Crippen LogP contribution in [0.25, 0.3) is 0 Å². The Morgan fingerprint density at radius 3 is 2.76 bits per heavy atom. The van der Waals surface area contributed by atoms with Crippen LogP contribution in [-0.2, 0) is 5.60 Å². The molecule has 0 unspecified atom stereocenters. The molecule has 0 bridgehead atoms. The maximum atomic E-state index is 10.6. The lowest BCUT2D eigenvalue weighted by atomic mass is 9.85. The number of likely N-dealkylation sites (tertiary alicyclic amines) is 1. The molecule has 0 spiro atoms. The summed E-state index contributed by atoms with van der Waals surface area (Å²) in [6.07, 6.45) is 7.68. The average Bonchev–Trinajstić information content (AvgIpc) is 2.39. The zero-order valence-corrected chi connectivity index (χ0v) is 10.6. The Morgan fingerprint density at radius 2 is 2.18 bits per heavy atom. The summed E-state index contributed by atoms with van der Waals surface area (Å²) in [5, 5.41) is 10.6. The van der Waals surface area contributed by atoms with E-state index in [2.05, 4.69) is 16.8 Å². The van der Waals surface area contributed by atoms with Gasteiger partial charge in [0, 0.05) is 31.0 Å². The highest BCUT2D eigenvalue weighted by molar-refractivity contribution is 5.18. The van der Waals surface area contributed by atoms with E-state index in [-0.39, 0.29) is 0 Å². The number of rotatable bonds is 4. The van der Waals surface area contributed by atoms with Crippen LogP contribution in [0.15, 0.2) is 24.5 Å². The molecular formula is C14H22N2O. The fraction of sp³-hybridized carbons (Fsp3) is 0.643. The van der Waals surface area contributed by atoms with Gasteiger partial charge in [-0.25, -0.2) is 0 Å². The van der Waals surface area contributed by atoms with E-state index in [1.54, 1.807) is 12.4 Å². The van der Waals surface area contributed by atoms with Crippen molar-refractivity contribution in [3.05, 3.63) is 30.1 Å². The van der Waals surface area contributed by atoms with Gasteiger partial charge in [-0.05, 0) is 31.9 Å². The molecule has 2 rings (SSSR count). The first kappa shape index (κ1) is 12.5. The lowest BCUT2D eigenvalue weighted by Crippen LogP contribution is -2.42. The van der Waals surface area contributed by atoms with E-state index in [1.165, 1.54) is 19.4 Å². The zero-order valence-electron chi connectivity index (χ0n) is 10.6. The summed E-state index contributed by atoms with van der Waals surface area (Å²) in [6.45, 7) is 5.37. The van der Waals surface area contributed by atoms with E-state index in [0.29, 0.717) is 0 Å². The van der Waals surface area contributed by atoms with Gasteiger partial charge in [0.25, 0.3) is 0 Å². The van der Waals surface area contributed by atoms with Gasteiger partial charge in [-0.15, -0.1) is 0 Å². The Labute approximate surface area is 103 Å². The number of unbranched alkanes of at least 4 members (excludes halogenated alkanes) is 1. The lowest BCUT2D eigenvalue weighted by molar-refractivity contribution is -0.0262. The van der Waals surface area contributed by atoms with E-state index in [0.717, 1.165) is 31.5 Å². The van der Waals surface area contributed by atoms with Crippen LogP contribution in [0.1, 0.15) is 38.2 Å². The second kappa shape index (κ2) is 5.61. The summed E-state index contributed by atoms with van der Waals surface area (Å²) in [5.41, 5.74) is 0.312. The Bertz CT molecular complexity index is 331. The van der Waals surface area contributed by atoms with Crippen LogP contribution in [0, 0.1) is 0 Å². The van der Waals surface area contributed by atoms with Crippen LogP contribution in [0.2, 0.25) is 0 Å². The largest absolute Gasteiger partial charge is 0.385 e. The molecule has 1 aromatic rings. The molecule has 1 aromatic heterocycles. The third kappa shape index (κ3) is 3.05. The molecule has 1 fully saturated rings. The molecular weight excluding hydrogens is 212 g/mol. The van der Waals surface area contributed by atoms with Crippen LogP contribution in [0.3, 0.4) is 0 Å². The highest BCUT2D eigenvalue weighted by Gasteiger charge is 2.33. The summed E-state index contributed by atoms with van der Waals surface area (Å²) < 4.78 is 0. The highest BCUT2D eigenvalue weighted by Crippen LogP contribution is 2.32. The number of hydrogen-bond donors (Lipinski definition) is 1. The van der Waals surface area contributed by atoms with E-state index in [9.17, 15) is 5.11 Å². The Morgan fingerprint density at radius 1 is 1.41 bits per heavy atom. The van der Waals surface area contributed by atoms with Crippen molar-refractivity contribution < 1.29 is 5.11 Å². The molecule has 1 saturated heterocycles. The van der Waals surface area contributed by atoms with Gasteiger partial charge in [-0.2, -0.15) is 0 Å². The Balaban J connectivity index is 1.93. The van der Waals surface area contributed by atoms with Crippen molar-refractivity contribution in [2.75, 3.05) is 19.6 Å². The minimum absolute atomic E-state index is 0.656. The molecule has 0 atom stereocenters. The van der Waals surface area contributed by atoms with Crippen molar-refractivity contribution in [1.29, 1.82) is 0 Å². The minimum atomic E-state index is -0.656. The van der Waals surface area contributed by atoms with Gasteiger partial charge < -0.3 is 10.0 Å². The predicted molar refractivity (Wildman–Crippen MR) is 68.7 cm³/mol. The Kier molecular flexibility index (Phi) is 4.13. The normalized spacial score (nSPS) is 20.4. The summed E-state index contributed by atoms with van der Waals surface area (Å²) in [5.74, 6) is 0. The maximum Gasteiger partial charge on any atom is 0.0935 e. The third-order valence-electron chi connectivity index (χ3n) is 3.71. The van der Waals surface area contributed by atoms with E-state index < -0.39 is 5.60 Å². The Hall–Kier alpha value is -0.930. The zero-order chi connectivity index (χ0) is 12.1. The quantitative estimate of drug-likeness (QED) is 0.867. The van der Waals surface area contributed by atoms with Gasteiger partial charge in [-0.3, -0.25) is 4.98 Å². The number of aliphatic hydroxyl groups is 1. The molecule has 17 heavy (non-hydrogen) atoms. The molecule has 1 N–H and O–H groups in total. The molecule has 2 heterocycles. The summed E-state index contributed by atoms with van der Waals surface area (Å²) in [7, 11) is 0. The number of piperidine rings is 1. The van der Waals surface area contributed by atoms with Gasteiger partial charge in [0.05, 0.1) is 5.60 Å². The number of pyridine rings is 1.